The Morgan fingerprint density at radius 2 is 1.92 bits per heavy atom. The molecule has 1 aliphatic heterocycles. The number of likely N-dealkylation sites (tertiary alicyclic amines) is 1. The first-order chi connectivity index (χ1) is 11.6. The van der Waals surface area contributed by atoms with Crippen molar-refractivity contribution < 1.29 is 9.59 Å². The lowest BCUT2D eigenvalue weighted by atomic mass is 10.1. The van der Waals surface area contributed by atoms with Gasteiger partial charge in [-0.05, 0) is 26.2 Å². The maximum absolute atomic E-state index is 12.5. The summed E-state index contributed by atoms with van der Waals surface area (Å²) in [6.45, 7) is 6.96. The van der Waals surface area contributed by atoms with Crippen molar-refractivity contribution in [3.05, 3.63) is 0 Å². The van der Waals surface area contributed by atoms with E-state index in [1.54, 1.807) is 0 Å². The molecule has 2 fully saturated rings. The van der Waals surface area contributed by atoms with E-state index in [0.29, 0.717) is 19.0 Å². The Balaban J connectivity index is 1.78. The van der Waals surface area contributed by atoms with Crippen molar-refractivity contribution in [1.29, 1.82) is 0 Å². The maximum atomic E-state index is 12.5. The molecule has 0 spiro atoms. The molecule has 2 aliphatic rings. The first kappa shape index (κ1) is 18.5. The number of hydrogen-bond donors (Lipinski definition) is 3. The number of carbonyl (C=O) groups excluding carboxylic acids is 2. The number of hydrogen-bond acceptors (Lipinski definition) is 3. The van der Waals surface area contributed by atoms with Crippen LogP contribution in [0.15, 0.2) is 4.99 Å². The van der Waals surface area contributed by atoms with Crippen LogP contribution >= 0.6 is 0 Å². The van der Waals surface area contributed by atoms with Crippen LogP contribution in [0.5, 0.6) is 0 Å². The number of aliphatic imine (C=N–C) groups is 1. The third-order valence-electron chi connectivity index (χ3n) is 4.65. The van der Waals surface area contributed by atoms with Crippen LogP contribution < -0.4 is 16.0 Å². The Bertz CT molecular complexity index is 460. The van der Waals surface area contributed by atoms with E-state index < -0.39 is 0 Å². The number of amides is 2. The first-order valence-electron chi connectivity index (χ1n) is 9.18. The van der Waals surface area contributed by atoms with E-state index >= 15 is 0 Å². The second kappa shape index (κ2) is 9.49. The van der Waals surface area contributed by atoms with Gasteiger partial charge in [0.25, 0.3) is 0 Å². The van der Waals surface area contributed by atoms with Crippen LogP contribution in [0.4, 0.5) is 0 Å². The van der Waals surface area contributed by atoms with Gasteiger partial charge in [-0.1, -0.05) is 12.8 Å². The summed E-state index contributed by atoms with van der Waals surface area (Å²) >= 11 is 0. The molecular weight excluding hydrogens is 306 g/mol. The number of carbonyl (C=O) groups is 2. The fraction of sp³-hybridized carbons (Fsp3) is 0.824. The number of guanidine groups is 1. The molecule has 1 saturated carbocycles. The fourth-order valence-electron chi connectivity index (χ4n) is 3.42. The van der Waals surface area contributed by atoms with Gasteiger partial charge in [0.05, 0.1) is 6.54 Å². The monoisotopic (exact) mass is 337 g/mol. The van der Waals surface area contributed by atoms with Crippen molar-refractivity contribution >= 4 is 17.8 Å². The molecule has 7 heteroatoms. The topological polar surface area (TPSA) is 85.8 Å². The molecule has 24 heavy (non-hydrogen) atoms. The van der Waals surface area contributed by atoms with Gasteiger partial charge in [-0.3, -0.25) is 14.6 Å². The summed E-state index contributed by atoms with van der Waals surface area (Å²) in [6.07, 6.45) is 5.45. The van der Waals surface area contributed by atoms with Gasteiger partial charge < -0.3 is 20.9 Å². The quantitative estimate of drug-likeness (QED) is 0.374. The van der Waals surface area contributed by atoms with Crippen molar-refractivity contribution in [2.24, 2.45) is 10.9 Å². The van der Waals surface area contributed by atoms with E-state index in [0.717, 1.165) is 44.9 Å². The lowest BCUT2D eigenvalue weighted by Crippen LogP contribution is -2.45. The third kappa shape index (κ3) is 5.69. The smallest absolute Gasteiger partial charge is 0.225 e. The number of nitrogens with zero attached hydrogens (tertiary/aromatic N) is 2. The molecule has 136 valence electrons. The molecule has 0 aromatic heterocycles. The SMILES string of the molecule is CCNC(=NCCNC(C)=O)NC1CCN(C(=O)C2CCCC2)C1. The molecule has 7 nitrogen and oxygen atoms in total. The van der Waals surface area contributed by atoms with Crippen molar-refractivity contribution in [1.82, 2.24) is 20.9 Å². The zero-order valence-corrected chi connectivity index (χ0v) is 14.9. The summed E-state index contributed by atoms with van der Waals surface area (Å²) in [4.78, 5) is 29.8. The van der Waals surface area contributed by atoms with Gasteiger partial charge in [-0.15, -0.1) is 0 Å². The van der Waals surface area contributed by atoms with Crippen LogP contribution in [-0.2, 0) is 9.59 Å². The van der Waals surface area contributed by atoms with Gasteiger partial charge in [0.2, 0.25) is 11.8 Å². The summed E-state index contributed by atoms with van der Waals surface area (Å²) in [6, 6.07) is 0.244. The van der Waals surface area contributed by atoms with Crippen molar-refractivity contribution in [2.45, 2.75) is 52.0 Å². The molecule has 0 aromatic carbocycles. The molecular formula is C17H31N5O2. The molecule has 0 bridgehead atoms. The van der Waals surface area contributed by atoms with Crippen molar-refractivity contribution in [3.63, 3.8) is 0 Å². The lowest BCUT2D eigenvalue weighted by molar-refractivity contribution is -0.134. The van der Waals surface area contributed by atoms with E-state index in [4.69, 9.17) is 0 Å². The predicted octanol–water partition coefficient (Wildman–Crippen LogP) is 0.469. The van der Waals surface area contributed by atoms with Crippen molar-refractivity contribution in [2.75, 3.05) is 32.7 Å². The Hall–Kier alpha value is -1.79. The largest absolute Gasteiger partial charge is 0.357 e. The van der Waals surface area contributed by atoms with Crippen molar-refractivity contribution in [3.8, 4) is 0 Å². The average molecular weight is 337 g/mol. The molecule has 1 saturated heterocycles. The van der Waals surface area contributed by atoms with Gasteiger partial charge in [-0.25, -0.2) is 0 Å². The summed E-state index contributed by atoms with van der Waals surface area (Å²) in [5.41, 5.74) is 0. The van der Waals surface area contributed by atoms with E-state index in [2.05, 4.69) is 20.9 Å². The first-order valence-corrected chi connectivity index (χ1v) is 9.18. The lowest BCUT2D eigenvalue weighted by Gasteiger charge is -2.21. The van der Waals surface area contributed by atoms with Gasteiger partial charge in [0.1, 0.15) is 0 Å². The van der Waals surface area contributed by atoms with Crippen LogP contribution in [0, 0.1) is 5.92 Å². The molecule has 2 rings (SSSR count). The van der Waals surface area contributed by atoms with E-state index in [-0.39, 0.29) is 17.9 Å². The van der Waals surface area contributed by atoms with Gasteiger partial charge in [0.15, 0.2) is 5.96 Å². The van der Waals surface area contributed by atoms with Crippen LogP contribution in [-0.4, -0.2) is 61.4 Å². The summed E-state index contributed by atoms with van der Waals surface area (Å²) in [5.74, 6) is 1.30. The normalized spacial score (nSPS) is 21.8. The highest BCUT2D eigenvalue weighted by Gasteiger charge is 2.32. The zero-order chi connectivity index (χ0) is 17.4. The van der Waals surface area contributed by atoms with E-state index in [1.807, 2.05) is 11.8 Å². The molecule has 1 aliphatic carbocycles. The summed E-state index contributed by atoms with van der Waals surface area (Å²) < 4.78 is 0. The Morgan fingerprint density at radius 1 is 1.17 bits per heavy atom. The molecule has 0 aromatic rings. The Morgan fingerprint density at radius 3 is 2.58 bits per heavy atom. The van der Waals surface area contributed by atoms with E-state index in [1.165, 1.54) is 19.8 Å². The number of nitrogens with one attached hydrogen (secondary N) is 3. The van der Waals surface area contributed by atoms with Gasteiger partial charge in [0, 0.05) is 45.1 Å². The molecule has 2 amide bonds. The minimum absolute atomic E-state index is 0.0416. The molecule has 0 radical (unpaired) electrons. The average Bonchev–Trinajstić information content (AvgIpc) is 3.22. The minimum Gasteiger partial charge on any atom is -0.357 e. The highest BCUT2D eigenvalue weighted by Crippen LogP contribution is 2.27. The fourth-order valence-corrected chi connectivity index (χ4v) is 3.42. The minimum atomic E-state index is -0.0416. The van der Waals surface area contributed by atoms with Gasteiger partial charge >= 0.3 is 0 Å². The maximum Gasteiger partial charge on any atom is 0.225 e. The molecule has 1 atom stereocenters. The molecule has 1 heterocycles. The standard InChI is InChI=1S/C17H31N5O2/c1-3-18-17(20-10-9-19-13(2)23)21-15-8-11-22(12-15)16(24)14-6-4-5-7-14/h14-15H,3-12H2,1-2H3,(H,19,23)(H2,18,20,21). The zero-order valence-electron chi connectivity index (χ0n) is 14.9. The second-order valence-electron chi connectivity index (χ2n) is 6.64. The van der Waals surface area contributed by atoms with Crippen LogP contribution in [0.25, 0.3) is 0 Å². The van der Waals surface area contributed by atoms with E-state index in [9.17, 15) is 9.59 Å². The Kier molecular flexibility index (Phi) is 7.34. The second-order valence-corrected chi connectivity index (χ2v) is 6.64. The molecule has 3 N–H and O–H groups in total. The third-order valence-corrected chi connectivity index (χ3v) is 4.65. The van der Waals surface area contributed by atoms with Crippen LogP contribution in [0.1, 0.15) is 46.0 Å². The van der Waals surface area contributed by atoms with Crippen LogP contribution in [0.2, 0.25) is 0 Å². The molecule has 1 unspecified atom stereocenters. The highest BCUT2D eigenvalue weighted by molar-refractivity contribution is 5.81. The summed E-state index contributed by atoms with van der Waals surface area (Å²) in [7, 11) is 0. The summed E-state index contributed by atoms with van der Waals surface area (Å²) in [5, 5.41) is 9.37. The number of rotatable bonds is 6. The predicted molar refractivity (Wildman–Crippen MR) is 94.7 cm³/mol. The van der Waals surface area contributed by atoms with Gasteiger partial charge in [-0.2, -0.15) is 0 Å². The highest BCUT2D eigenvalue weighted by atomic mass is 16.2. The Labute approximate surface area is 144 Å². The van der Waals surface area contributed by atoms with Crippen LogP contribution in [0.3, 0.4) is 0 Å².